The van der Waals surface area contributed by atoms with Gasteiger partial charge in [0, 0.05) is 42.9 Å². The topological polar surface area (TPSA) is 62.3 Å². The summed E-state index contributed by atoms with van der Waals surface area (Å²) in [7, 11) is 0. The Morgan fingerprint density at radius 1 is 1.14 bits per heavy atom. The van der Waals surface area contributed by atoms with Crippen molar-refractivity contribution in [3.8, 4) is 11.8 Å². The van der Waals surface area contributed by atoms with E-state index in [-0.39, 0.29) is 11.8 Å². The number of fused-ring (bicyclic) bond motifs is 1. The first kappa shape index (κ1) is 18.7. The van der Waals surface area contributed by atoms with Crippen molar-refractivity contribution in [2.75, 3.05) is 18.4 Å². The molecule has 2 aromatic rings. The van der Waals surface area contributed by atoms with Crippen LogP contribution in [0.15, 0.2) is 60.3 Å². The van der Waals surface area contributed by atoms with Crippen LogP contribution in [-0.4, -0.2) is 34.8 Å². The largest absolute Gasteiger partial charge is 0.335 e. The van der Waals surface area contributed by atoms with E-state index in [0.717, 1.165) is 28.7 Å². The molecular formula is C24H21N3O2. The third-order valence-electron chi connectivity index (χ3n) is 4.95. The molecule has 2 aliphatic heterocycles. The van der Waals surface area contributed by atoms with Crippen LogP contribution < -0.4 is 5.32 Å². The molecule has 29 heavy (non-hydrogen) atoms. The maximum absolute atomic E-state index is 12.5. The molecule has 3 heterocycles. The van der Waals surface area contributed by atoms with Crippen molar-refractivity contribution in [2.45, 2.75) is 19.3 Å². The van der Waals surface area contributed by atoms with Gasteiger partial charge in [0.15, 0.2) is 0 Å². The van der Waals surface area contributed by atoms with Gasteiger partial charge in [0.25, 0.3) is 0 Å². The predicted molar refractivity (Wildman–Crippen MR) is 113 cm³/mol. The number of rotatable bonds is 2. The van der Waals surface area contributed by atoms with Crippen LogP contribution in [0.5, 0.6) is 0 Å². The number of carbonyl (C=O) groups is 2. The first-order valence-corrected chi connectivity index (χ1v) is 9.69. The van der Waals surface area contributed by atoms with Crippen LogP contribution in [0.2, 0.25) is 0 Å². The average molecular weight is 383 g/mol. The summed E-state index contributed by atoms with van der Waals surface area (Å²) in [6.45, 7) is 1.23. The van der Waals surface area contributed by atoms with Crippen LogP contribution in [0.25, 0.3) is 6.08 Å². The van der Waals surface area contributed by atoms with Gasteiger partial charge in [0.2, 0.25) is 11.8 Å². The number of pyridine rings is 1. The van der Waals surface area contributed by atoms with Crippen molar-refractivity contribution in [3.05, 3.63) is 77.0 Å². The van der Waals surface area contributed by atoms with E-state index in [1.165, 1.54) is 0 Å². The zero-order valence-corrected chi connectivity index (χ0v) is 16.0. The molecule has 0 bridgehead atoms. The lowest BCUT2D eigenvalue weighted by atomic mass is 10.0. The SMILES string of the molecule is O=C1CCc2cc(C=CC(=O)N3CC=C(C#Cc4ccccc4)CC3)cnc2N1. The highest BCUT2D eigenvalue weighted by Gasteiger charge is 2.16. The molecule has 0 aliphatic carbocycles. The molecule has 0 spiro atoms. The Bertz CT molecular complexity index is 1060. The highest BCUT2D eigenvalue weighted by atomic mass is 16.2. The van der Waals surface area contributed by atoms with E-state index < -0.39 is 0 Å². The van der Waals surface area contributed by atoms with Gasteiger partial charge in [0.1, 0.15) is 5.82 Å². The first-order chi connectivity index (χ1) is 14.2. The Kier molecular flexibility index (Phi) is 5.53. The van der Waals surface area contributed by atoms with Gasteiger partial charge in [-0.1, -0.05) is 36.1 Å². The fourth-order valence-corrected chi connectivity index (χ4v) is 3.30. The van der Waals surface area contributed by atoms with E-state index in [1.807, 2.05) is 42.5 Å². The first-order valence-electron chi connectivity index (χ1n) is 9.69. The Hall–Kier alpha value is -3.65. The van der Waals surface area contributed by atoms with Crippen molar-refractivity contribution in [1.29, 1.82) is 0 Å². The maximum Gasteiger partial charge on any atom is 0.246 e. The quantitative estimate of drug-likeness (QED) is 0.640. The van der Waals surface area contributed by atoms with Gasteiger partial charge in [-0.15, -0.1) is 0 Å². The second-order valence-electron chi connectivity index (χ2n) is 7.04. The van der Waals surface area contributed by atoms with Gasteiger partial charge in [-0.3, -0.25) is 9.59 Å². The van der Waals surface area contributed by atoms with E-state index >= 15 is 0 Å². The molecule has 0 saturated carbocycles. The molecule has 5 heteroatoms. The molecule has 0 saturated heterocycles. The molecular weight excluding hydrogens is 362 g/mol. The van der Waals surface area contributed by atoms with Crippen molar-refractivity contribution in [2.24, 2.45) is 0 Å². The van der Waals surface area contributed by atoms with Crippen molar-refractivity contribution in [1.82, 2.24) is 9.88 Å². The van der Waals surface area contributed by atoms with Crippen LogP contribution >= 0.6 is 0 Å². The minimum atomic E-state index is -0.0256. The Morgan fingerprint density at radius 3 is 2.79 bits per heavy atom. The molecule has 1 aromatic heterocycles. The number of nitrogens with zero attached hydrogens (tertiary/aromatic N) is 2. The number of hydrogen-bond acceptors (Lipinski definition) is 3. The Morgan fingerprint density at radius 2 is 2.00 bits per heavy atom. The fraction of sp³-hybridized carbons (Fsp3) is 0.208. The molecule has 2 aliphatic rings. The number of aromatic nitrogens is 1. The summed E-state index contributed by atoms with van der Waals surface area (Å²) in [6.07, 6.45) is 8.96. The van der Waals surface area contributed by atoms with E-state index in [4.69, 9.17) is 0 Å². The summed E-state index contributed by atoms with van der Waals surface area (Å²) in [6, 6.07) is 11.9. The zero-order chi connectivity index (χ0) is 20.1. The van der Waals surface area contributed by atoms with Gasteiger partial charge < -0.3 is 10.2 Å². The minimum absolute atomic E-state index is 0.00514. The van der Waals surface area contributed by atoms with E-state index in [9.17, 15) is 9.59 Å². The summed E-state index contributed by atoms with van der Waals surface area (Å²) < 4.78 is 0. The van der Waals surface area contributed by atoms with Gasteiger partial charge >= 0.3 is 0 Å². The molecule has 0 unspecified atom stereocenters. The smallest absolute Gasteiger partial charge is 0.246 e. The lowest BCUT2D eigenvalue weighted by molar-refractivity contribution is -0.125. The monoisotopic (exact) mass is 383 g/mol. The highest BCUT2D eigenvalue weighted by Crippen LogP contribution is 2.21. The molecule has 144 valence electrons. The number of amides is 2. The normalized spacial score (nSPS) is 15.8. The Labute approximate surface area is 170 Å². The maximum atomic E-state index is 12.5. The lowest BCUT2D eigenvalue weighted by Crippen LogP contribution is -2.33. The number of aryl methyl sites for hydroxylation is 1. The predicted octanol–water partition coefficient (Wildman–Crippen LogP) is 3.19. The molecule has 1 aromatic carbocycles. The summed E-state index contributed by atoms with van der Waals surface area (Å²) in [5.41, 5.74) is 3.92. The number of hydrogen-bond donors (Lipinski definition) is 1. The highest BCUT2D eigenvalue weighted by molar-refractivity contribution is 5.94. The number of anilines is 1. The van der Waals surface area contributed by atoms with Crippen LogP contribution in [0.3, 0.4) is 0 Å². The second kappa shape index (κ2) is 8.57. The standard InChI is InChI=1S/C24H21N3O2/c28-22-10-9-21-16-20(17-25-24(21)26-22)8-11-23(29)27-14-12-19(13-15-27)7-6-18-4-2-1-3-5-18/h1-5,8,11-12,16-17H,9-10,13-15H2,(H,25,26,28). The van der Waals surface area contributed by atoms with Gasteiger partial charge in [-0.05, 0) is 48.2 Å². The molecule has 0 atom stereocenters. The molecule has 0 fully saturated rings. The van der Waals surface area contributed by atoms with Gasteiger partial charge in [-0.2, -0.15) is 0 Å². The van der Waals surface area contributed by atoms with Crippen molar-refractivity contribution in [3.63, 3.8) is 0 Å². The van der Waals surface area contributed by atoms with E-state index in [1.54, 1.807) is 23.2 Å². The number of carbonyl (C=O) groups excluding carboxylic acids is 2. The summed E-state index contributed by atoms with van der Waals surface area (Å²) in [5.74, 6) is 6.96. The third-order valence-corrected chi connectivity index (χ3v) is 4.95. The fourth-order valence-electron chi connectivity index (χ4n) is 3.30. The van der Waals surface area contributed by atoms with Gasteiger partial charge in [0.05, 0.1) is 0 Å². The van der Waals surface area contributed by atoms with E-state index in [2.05, 4.69) is 22.1 Å². The third kappa shape index (κ3) is 4.80. The summed E-state index contributed by atoms with van der Waals surface area (Å²) in [5, 5.41) is 2.76. The Balaban J connectivity index is 1.36. The van der Waals surface area contributed by atoms with Crippen LogP contribution in [0, 0.1) is 11.8 Å². The molecule has 4 rings (SSSR count). The summed E-state index contributed by atoms with van der Waals surface area (Å²) in [4.78, 5) is 30.0. The van der Waals surface area contributed by atoms with Crippen LogP contribution in [0.1, 0.15) is 29.5 Å². The number of benzene rings is 1. The summed E-state index contributed by atoms with van der Waals surface area (Å²) >= 11 is 0. The van der Waals surface area contributed by atoms with Crippen molar-refractivity contribution < 1.29 is 9.59 Å². The molecule has 0 radical (unpaired) electrons. The molecule has 1 N–H and O–H groups in total. The lowest BCUT2D eigenvalue weighted by Gasteiger charge is -2.23. The minimum Gasteiger partial charge on any atom is -0.335 e. The van der Waals surface area contributed by atoms with Crippen LogP contribution in [-0.2, 0) is 16.0 Å². The molecule has 5 nitrogen and oxygen atoms in total. The van der Waals surface area contributed by atoms with E-state index in [0.29, 0.717) is 31.7 Å². The van der Waals surface area contributed by atoms with Crippen LogP contribution in [0.4, 0.5) is 5.82 Å². The van der Waals surface area contributed by atoms with Crippen molar-refractivity contribution >= 4 is 23.7 Å². The zero-order valence-electron chi connectivity index (χ0n) is 16.0. The second-order valence-corrected chi connectivity index (χ2v) is 7.04. The molecule has 2 amide bonds. The average Bonchev–Trinajstić information content (AvgIpc) is 2.77. The van der Waals surface area contributed by atoms with Gasteiger partial charge in [-0.25, -0.2) is 4.98 Å². The number of nitrogens with one attached hydrogen (secondary N) is 1.